The molecule has 3 aromatic heterocycles. The molecule has 196 valence electrons. The SMILES string of the molecule is Cc1ncc(Cl)cc1C(=O)N[C@H]1CC[C@H](Cn2c(=O)n(-c3ccc(CC4CC4)nc3)c3ccccc32)CC1. The van der Waals surface area contributed by atoms with Crippen LogP contribution in [0.25, 0.3) is 16.7 Å². The Balaban J connectivity index is 1.16. The van der Waals surface area contributed by atoms with E-state index in [1.165, 1.54) is 12.8 Å². The molecule has 7 nitrogen and oxygen atoms in total. The van der Waals surface area contributed by atoms with Gasteiger partial charge in [0.25, 0.3) is 5.91 Å². The second kappa shape index (κ2) is 10.4. The minimum Gasteiger partial charge on any atom is -0.349 e. The number of hydrogen-bond acceptors (Lipinski definition) is 4. The number of carbonyl (C=O) groups is 1. The maximum atomic E-state index is 13.7. The smallest absolute Gasteiger partial charge is 0.333 e. The third-order valence-corrected chi connectivity index (χ3v) is 8.23. The van der Waals surface area contributed by atoms with Crippen molar-refractivity contribution in [3.05, 3.63) is 87.3 Å². The van der Waals surface area contributed by atoms with Gasteiger partial charge in [0.1, 0.15) is 0 Å². The molecule has 1 aromatic carbocycles. The van der Waals surface area contributed by atoms with E-state index in [1.54, 1.807) is 16.8 Å². The molecule has 2 fully saturated rings. The number of pyridine rings is 2. The summed E-state index contributed by atoms with van der Waals surface area (Å²) >= 11 is 6.05. The molecule has 8 heteroatoms. The summed E-state index contributed by atoms with van der Waals surface area (Å²) in [6, 6.07) is 13.8. The normalized spacial score (nSPS) is 19.5. The Hall–Kier alpha value is -3.45. The standard InChI is InChI=1S/C30H32ClN5O2/c1-19-26(15-22(31)16-32-19)29(37)34-23-10-8-21(9-11-23)18-35-27-4-2-3-5-28(27)36(30(35)38)25-13-12-24(33-17-25)14-20-6-7-20/h2-5,12-13,15-17,20-21,23H,6-11,14,18H2,1H3,(H,34,37)/t21-,23-. The monoisotopic (exact) mass is 529 g/mol. The fraction of sp³-hybridized carbons (Fsp3) is 0.400. The van der Waals surface area contributed by atoms with Gasteiger partial charge < -0.3 is 5.32 Å². The lowest BCUT2D eigenvalue weighted by Gasteiger charge is -2.29. The van der Waals surface area contributed by atoms with E-state index in [0.717, 1.165) is 60.4 Å². The molecule has 0 unspecified atom stereocenters. The highest BCUT2D eigenvalue weighted by atomic mass is 35.5. The summed E-state index contributed by atoms with van der Waals surface area (Å²) in [5.41, 5.74) is 4.92. The van der Waals surface area contributed by atoms with Crippen molar-refractivity contribution in [1.29, 1.82) is 0 Å². The van der Waals surface area contributed by atoms with Crippen molar-refractivity contribution >= 4 is 28.5 Å². The van der Waals surface area contributed by atoms with E-state index < -0.39 is 0 Å². The average Bonchev–Trinajstić information content (AvgIpc) is 3.70. The fourth-order valence-corrected chi connectivity index (χ4v) is 5.83. The van der Waals surface area contributed by atoms with Crippen LogP contribution in [0, 0.1) is 18.8 Å². The van der Waals surface area contributed by atoms with E-state index in [4.69, 9.17) is 11.6 Å². The Labute approximate surface area is 226 Å². The van der Waals surface area contributed by atoms with Gasteiger partial charge in [0, 0.05) is 24.5 Å². The molecule has 6 rings (SSSR count). The van der Waals surface area contributed by atoms with Crippen molar-refractivity contribution in [3.8, 4) is 5.69 Å². The Bertz CT molecular complexity index is 1530. The van der Waals surface area contributed by atoms with E-state index in [-0.39, 0.29) is 17.6 Å². The summed E-state index contributed by atoms with van der Waals surface area (Å²) in [6.07, 6.45) is 10.6. The topological polar surface area (TPSA) is 81.8 Å². The number of aryl methyl sites for hydroxylation is 1. The number of hydrogen-bond donors (Lipinski definition) is 1. The number of halogens is 1. The molecule has 3 heterocycles. The quantitative estimate of drug-likeness (QED) is 0.343. The van der Waals surface area contributed by atoms with Crippen LogP contribution < -0.4 is 11.0 Å². The number of rotatable bonds is 7. The third-order valence-electron chi connectivity index (χ3n) is 8.02. The van der Waals surface area contributed by atoms with Crippen LogP contribution in [0.15, 0.2) is 59.7 Å². The highest BCUT2D eigenvalue weighted by Crippen LogP contribution is 2.32. The minimum absolute atomic E-state index is 0.0256. The molecule has 1 N–H and O–H groups in total. The van der Waals surface area contributed by atoms with Crippen LogP contribution in [0.2, 0.25) is 5.02 Å². The first-order valence-electron chi connectivity index (χ1n) is 13.5. The summed E-state index contributed by atoms with van der Waals surface area (Å²) in [5.74, 6) is 1.02. The summed E-state index contributed by atoms with van der Waals surface area (Å²) in [7, 11) is 0. The molecule has 0 spiro atoms. The van der Waals surface area contributed by atoms with Gasteiger partial charge in [-0.15, -0.1) is 0 Å². The van der Waals surface area contributed by atoms with Gasteiger partial charge in [0.05, 0.1) is 39.2 Å². The van der Waals surface area contributed by atoms with Gasteiger partial charge in [-0.05, 0) is 94.0 Å². The largest absolute Gasteiger partial charge is 0.349 e. The lowest BCUT2D eigenvalue weighted by Crippen LogP contribution is -2.39. The number of carbonyl (C=O) groups excluding carboxylic acids is 1. The number of benzene rings is 1. The summed E-state index contributed by atoms with van der Waals surface area (Å²) in [5, 5.41) is 3.61. The van der Waals surface area contributed by atoms with E-state index in [1.807, 2.05) is 48.0 Å². The number of nitrogens with zero attached hydrogens (tertiary/aromatic N) is 4. The van der Waals surface area contributed by atoms with Crippen molar-refractivity contribution in [2.75, 3.05) is 0 Å². The van der Waals surface area contributed by atoms with Gasteiger partial charge in [0.2, 0.25) is 0 Å². The van der Waals surface area contributed by atoms with Gasteiger partial charge in [-0.25, -0.2) is 4.79 Å². The first-order chi connectivity index (χ1) is 18.5. The van der Waals surface area contributed by atoms with E-state index >= 15 is 0 Å². The molecular weight excluding hydrogens is 498 g/mol. The second-order valence-electron chi connectivity index (χ2n) is 10.9. The lowest BCUT2D eigenvalue weighted by molar-refractivity contribution is 0.0919. The Morgan fingerprint density at radius 1 is 0.974 bits per heavy atom. The van der Waals surface area contributed by atoms with Gasteiger partial charge in [0.15, 0.2) is 0 Å². The molecular formula is C30H32ClN5O2. The Morgan fingerprint density at radius 2 is 1.71 bits per heavy atom. The number of fused-ring (bicyclic) bond motifs is 1. The molecule has 38 heavy (non-hydrogen) atoms. The summed E-state index contributed by atoms with van der Waals surface area (Å²) in [4.78, 5) is 35.3. The molecule has 4 aromatic rings. The first-order valence-corrected chi connectivity index (χ1v) is 13.9. The number of para-hydroxylation sites is 2. The number of nitrogens with one attached hydrogen (secondary N) is 1. The molecule has 0 aliphatic heterocycles. The van der Waals surface area contributed by atoms with Crippen LogP contribution in [0.4, 0.5) is 0 Å². The zero-order valence-electron chi connectivity index (χ0n) is 21.6. The highest BCUT2D eigenvalue weighted by molar-refractivity contribution is 6.30. The number of amides is 1. The Kier molecular flexibility index (Phi) is 6.78. The molecule has 0 atom stereocenters. The first kappa shape index (κ1) is 24.9. The molecule has 1 amide bonds. The second-order valence-corrected chi connectivity index (χ2v) is 11.3. The summed E-state index contributed by atoms with van der Waals surface area (Å²) < 4.78 is 3.70. The van der Waals surface area contributed by atoms with Crippen LogP contribution in [0.5, 0.6) is 0 Å². The molecule has 2 aliphatic rings. The van der Waals surface area contributed by atoms with Crippen molar-refractivity contribution in [3.63, 3.8) is 0 Å². The molecule has 0 radical (unpaired) electrons. The predicted molar refractivity (Wildman–Crippen MR) is 149 cm³/mol. The molecule has 2 saturated carbocycles. The van der Waals surface area contributed by atoms with Gasteiger partial charge >= 0.3 is 5.69 Å². The molecule has 0 saturated heterocycles. The zero-order chi connectivity index (χ0) is 26.2. The number of aromatic nitrogens is 4. The molecule has 0 bridgehead atoms. The van der Waals surface area contributed by atoms with Gasteiger partial charge in [-0.1, -0.05) is 23.7 Å². The van der Waals surface area contributed by atoms with E-state index in [9.17, 15) is 9.59 Å². The van der Waals surface area contributed by atoms with Crippen LogP contribution >= 0.6 is 11.6 Å². The van der Waals surface area contributed by atoms with Crippen molar-refractivity contribution in [2.45, 2.75) is 64.5 Å². The lowest BCUT2D eigenvalue weighted by atomic mass is 9.85. The van der Waals surface area contributed by atoms with Crippen LogP contribution in [0.1, 0.15) is 60.3 Å². The maximum absolute atomic E-state index is 13.7. The average molecular weight is 530 g/mol. The van der Waals surface area contributed by atoms with Crippen molar-refractivity contribution in [1.82, 2.24) is 24.4 Å². The van der Waals surface area contributed by atoms with Crippen LogP contribution in [-0.4, -0.2) is 31.1 Å². The fourth-order valence-electron chi connectivity index (χ4n) is 5.67. The van der Waals surface area contributed by atoms with Crippen molar-refractivity contribution in [2.24, 2.45) is 11.8 Å². The van der Waals surface area contributed by atoms with Crippen molar-refractivity contribution < 1.29 is 4.79 Å². The van der Waals surface area contributed by atoms with Crippen LogP contribution in [0.3, 0.4) is 0 Å². The third kappa shape index (κ3) is 5.12. The van der Waals surface area contributed by atoms with E-state index in [0.29, 0.717) is 28.7 Å². The highest BCUT2D eigenvalue weighted by Gasteiger charge is 2.26. The van der Waals surface area contributed by atoms with Gasteiger partial charge in [-0.3, -0.25) is 23.9 Å². The zero-order valence-corrected chi connectivity index (χ0v) is 22.3. The summed E-state index contributed by atoms with van der Waals surface area (Å²) in [6.45, 7) is 2.48. The maximum Gasteiger partial charge on any atom is 0.333 e. The predicted octanol–water partition coefficient (Wildman–Crippen LogP) is 5.49. The molecule has 2 aliphatic carbocycles. The van der Waals surface area contributed by atoms with E-state index in [2.05, 4.69) is 21.4 Å². The van der Waals surface area contributed by atoms with Gasteiger partial charge in [-0.2, -0.15) is 0 Å². The minimum atomic E-state index is -0.128. The Morgan fingerprint density at radius 3 is 2.42 bits per heavy atom. The van der Waals surface area contributed by atoms with Crippen LogP contribution in [-0.2, 0) is 13.0 Å². The number of imidazole rings is 1.